The zero-order valence-corrected chi connectivity index (χ0v) is 12.7. The van der Waals surface area contributed by atoms with Crippen molar-refractivity contribution in [3.8, 4) is 10.6 Å². The minimum Gasteiger partial charge on any atom is -0.321 e. The minimum atomic E-state index is -0.379. The third-order valence-corrected chi connectivity index (χ3v) is 4.24. The van der Waals surface area contributed by atoms with E-state index in [1.807, 2.05) is 37.3 Å². The van der Waals surface area contributed by atoms with Gasteiger partial charge in [-0.15, -0.1) is 11.3 Å². The van der Waals surface area contributed by atoms with Crippen LogP contribution in [0.5, 0.6) is 0 Å². The first-order valence-electron chi connectivity index (χ1n) is 6.72. The number of aromatic nitrogens is 1. The van der Waals surface area contributed by atoms with Crippen LogP contribution in [0.25, 0.3) is 10.6 Å². The molecule has 0 radical (unpaired) electrons. The molecule has 0 fully saturated rings. The molecule has 0 atom stereocenters. The van der Waals surface area contributed by atoms with Gasteiger partial charge in [-0.05, 0) is 24.6 Å². The molecule has 0 unspecified atom stereocenters. The average Bonchev–Trinajstić information content (AvgIpc) is 3.02. The fraction of sp³-hybridized carbons (Fsp3) is 0.0588. The molecule has 1 amide bonds. The van der Waals surface area contributed by atoms with E-state index in [1.54, 1.807) is 6.07 Å². The van der Waals surface area contributed by atoms with Crippen molar-refractivity contribution in [2.24, 2.45) is 0 Å². The summed E-state index contributed by atoms with van der Waals surface area (Å²) < 4.78 is 13.3. The number of carbonyl (C=O) groups excluding carboxylic acids is 1. The smallest absolute Gasteiger partial charge is 0.267 e. The van der Waals surface area contributed by atoms with Crippen LogP contribution in [0.4, 0.5) is 10.1 Å². The van der Waals surface area contributed by atoms with E-state index < -0.39 is 0 Å². The summed E-state index contributed by atoms with van der Waals surface area (Å²) in [5.74, 6) is -0.663. The Kier molecular flexibility index (Phi) is 3.98. The number of carbonyl (C=O) groups is 1. The second-order valence-electron chi connectivity index (χ2n) is 4.81. The molecular formula is C17H13FN2OS. The minimum absolute atomic E-state index is 0.284. The number of nitrogens with one attached hydrogen (secondary N) is 1. The van der Waals surface area contributed by atoms with Crippen LogP contribution >= 0.6 is 11.3 Å². The first-order chi connectivity index (χ1) is 10.6. The molecule has 5 heteroatoms. The molecule has 0 bridgehead atoms. The van der Waals surface area contributed by atoms with Crippen molar-refractivity contribution in [3.63, 3.8) is 0 Å². The second-order valence-corrected chi connectivity index (χ2v) is 5.84. The predicted molar refractivity (Wildman–Crippen MR) is 86.6 cm³/mol. The molecule has 2 aromatic carbocycles. The molecule has 0 aliphatic carbocycles. The third-order valence-electron chi connectivity index (χ3n) is 3.20. The summed E-state index contributed by atoms with van der Waals surface area (Å²) in [6, 6.07) is 14.0. The van der Waals surface area contributed by atoms with E-state index >= 15 is 0 Å². The lowest BCUT2D eigenvalue weighted by Crippen LogP contribution is -2.11. The largest absolute Gasteiger partial charge is 0.321 e. The number of rotatable bonds is 3. The Labute approximate surface area is 131 Å². The number of halogens is 1. The lowest BCUT2D eigenvalue weighted by Gasteiger charge is -2.06. The van der Waals surface area contributed by atoms with Crippen LogP contribution < -0.4 is 5.32 Å². The van der Waals surface area contributed by atoms with E-state index in [-0.39, 0.29) is 11.7 Å². The van der Waals surface area contributed by atoms with Gasteiger partial charge in [-0.1, -0.05) is 36.4 Å². The van der Waals surface area contributed by atoms with Gasteiger partial charge in [-0.3, -0.25) is 4.79 Å². The molecule has 0 saturated carbocycles. The molecule has 0 spiro atoms. The van der Waals surface area contributed by atoms with Crippen molar-refractivity contribution in [3.05, 3.63) is 71.0 Å². The molecule has 0 aliphatic rings. The van der Waals surface area contributed by atoms with Crippen LogP contribution in [-0.4, -0.2) is 10.9 Å². The van der Waals surface area contributed by atoms with E-state index in [9.17, 15) is 9.18 Å². The Balaban J connectivity index is 1.81. The van der Waals surface area contributed by atoms with E-state index in [2.05, 4.69) is 10.3 Å². The number of aryl methyl sites for hydroxylation is 1. The molecule has 22 heavy (non-hydrogen) atoms. The Morgan fingerprint density at radius 2 is 1.95 bits per heavy atom. The Hall–Kier alpha value is -2.53. The Morgan fingerprint density at radius 3 is 2.73 bits per heavy atom. The average molecular weight is 312 g/mol. The molecule has 110 valence electrons. The summed E-state index contributed by atoms with van der Waals surface area (Å²) in [7, 11) is 0. The summed E-state index contributed by atoms with van der Waals surface area (Å²) in [6.07, 6.45) is 1.54. The van der Waals surface area contributed by atoms with Crippen LogP contribution in [-0.2, 0) is 0 Å². The van der Waals surface area contributed by atoms with Crippen LogP contribution in [0.3, 0.4) is 0 Å². The fourth-order valence-electron chi connectivity index (χ4n) is 2.01. The highest BCUT2D eigenvalue weighted by atomic mass is 32.1. The number of thiazole rings is 1. The summed E-state index contributed by atoms with van der Waals surface area (Å²) in [6.45, 7) is 1.82. The van der Waals surface area contributed by atoms with E-state index in [0.717, 1.165) is 16.1 Å². The summed E-state index contributed by atoms with van der Waals surface area (Å²) in [5.41, 5.74) is 2.25. The normalized spacial score (nSPS) is 10.5. The second kappa shape index (κ2) is 6.07. The number of nitrogens with zero attached hydrogens (tertiary/aromatic N) is 1. The van der Waals surface area contributed by atoms with Gasteiger partial charge >= 0.3 is 0 Å². The van der Waals surface area contributed by atoms with Crippen molar-refractivity contribution in [1.29, 1.82) is 0 Å². The molecule has 3 rings (SSSR count). The molecule has 0 aliphatic heterocycles. The van der Waals surface area contributed by atoms with E-state index in [0.29, 0.717) is 10.6 Å². The van der Waals surface area contributed by atoms with Gasteiger partial charge in [0.05, 0.1) is 6.20 Å². The third kappa shape index (κ3) is 3.04. The van der Waals surface area contributed by atoms with Crippen LogP contribution in [0.2, 0.25) is 0 Å². The number of hydrogen-bond acceptors (Lipinski definition) is 3. The van der Waals surface area contributed by atoms with Crippen LogP contribution in [0, 0.1) is 12.7 Å². The highest BCUT2D eigenvalue weighted by Crippen LogP contribution is 2.26. The van der Waals surface area contributed by atoms with Gasteiger partial charge in [0, 0.05) is 11.3 Å². The quantitative estimate of drug-likeness (QED) is 0.773. The van der Waals surface area contributed by atoms with E-state index in [1.165, 1.54) is 29.7 Å². The van der Waals surface area contributed by atoms with E-state index in [4.69, 9.17) is 0 Å². The van der Waals surface area contributed by atoms with Crippen LogP contribution in [0.15, 0.2) is 54.7 Å². The molecule has 3 nitrogen and oxygen atoms in total. The van der Waals surface area contributed by atoms with Gasteiger partial charge in [0.15, 0.2) is 0 Å². The van der Waals surface area contributed by atoms with Gasteiger partial charge in [0.25, 0.3) is 5.91 Å². The zero-order chi connectivity index (χ0) is 15.5. The summed E-state index contributed by atoms with van der Waals surface area (Å²) in [5, 5.41) is 3.50. The molecule has 3 aromatic rings. The van der Waals surface area contributed by atoms with Crippen molar-refractivity contribution in [2.75, 3.05) is 5.32 Å². The number of hydrogen-bond donors (Lipinski definition) is 1. The van der Waals surface area contributed by atoms with Crippen molar-refractivity contribution < 1.29 is 9.18 Å². The topological polar surface area (TPSA) is 42.0 Å². The van der Waals surface area contributed by atoms with Crippen molar-refractivity contribution in [2.45, 2.75) is 6.92 Å². The van der Waals surface area contributed by atoms with Gasteiger partial charge in [-0.25, -0.2) is 9.37 Å². The maximum Gasteiger partial charge on any atom is 0.267 e. The van der Waals surface area contributed by atoms with Gasteiger partial charge in [0.2, 0.25) is 0 Å². The highest BCUT2D eigenvalue weighted by Gasteiger charge is 2.13. The molecule has 1 N–H and O–H groups in total. The number of benzene rings is 2. The monoisotopic (exact) mass is 312 g/mol. The lowest BCUT2D eigenvalue weighted by atomic mass is 10.2. The van der Waals surface area contributed by atoms with Gasteiger partial charge < -0.3 is 5.32 Å². The molecule has 0 saturated heterocycles. The SMILES string of the molecule is Cc1ccc(F)cc1NC(=O)c1cnc(-c2ccccc2)s1. The lowest BCUT2D eigenvalue weighted by molar-refractivity contribution is 0.103. The molecular weight excluding hydrogens is 299 g/mol. The highest BCUT2D eigenvalue weighted by molar-refractivity contribution is 7.17. The predicted octanol–water partition coefficient (Wildman–Crippen LogP) is 4.51. The number of amides is 1. The summed E-state index contributed by atoms with van der Waals surface area (Å²) in [4.78, 5) is 17.0. The van der Waals surface area contributed by atoms with Crippen molar-refractivity contribution in [1.82, 2.24) is 4.98 Å². The maximum atomic E-state index is 13.3. The first-order valence-corrected chi connectivity index (χ1v) is 7.54. The molecule has 1 aromatic heterocycles. The standard InChI is InChI=1S/C17H13FN2OS/c1-11-7-8-13(18)9-14(11)20-16(21)15-10-19-17(22-15)12-5-3-2-4-6-12/h2-10H,1H3,(H,20,21). The molecule has 1 heterocycles. The van der Waals surface area contributed by atoms with Crippen LogP contribution in [0.1, 0.15) is 15.2 Å². The van der Waals surface area contributed by atoms with Gasteiger partial charge in [-0.2, -0.15) is 0 Å². The fourth-order valence-corrected chi connectivity index (χ4v) is 2.82. The maximum absolute atomic E-state index is 13.3. The number of anilines is 1. The zero-order valence-electron chi connectivity index (χ0n) is 11.8. The summed E-state index contributed by atoms with van der Waals surface area (Å²) >= 11 is 1.31. The van der Waals surface area contributed by atoms with Gasteiger partial charge in [0.1, 0.15) is 15.7 Å². The Bertz CT molecular complexity index is 815. The Morgan fingerprint density at radius 1 is 1.18 bits per heavy atom. The van der Waals surface area contributed by atoms with Crippen molar-refractivity contribution >= 4 is 22.9 Å². The first kappa shape index (κ1) is 14.4.